The quantitative estimate of drug-likeness (QED) is 0.932. The zero-order valence-corrected chi connectivity index (χ0v) is 13.3. The summed E-state index contributed by atoms with van der Waals surface area (Å²) in [6.45, 7) is 4.27. The molecule has 2 heterocycles. The number of nitrogens with one attached hydrogen (secondary N) is 1. The summed E-state index contributed by atoms with van der Waals surface area (Å²) in [6.07, 6.45) is -0.101. The molecule has 3 rings (SSSR count). The van der Waals surface area contributed by atoms with Crippen LogP contribution in [0.2, 0.25) is 0 Å². The van der Waals surface area contributed by atoms with E-state index >= 15 is 0 Å². The Labute approximate surface area is 129 Å². The number of hydrogen-bond donors (Lipinski definition) is 1. The van der Waals surface area contributed by atoms with E-state index in [0.717, 1.165) is 28.8 Å². The fraction of sp³-hybridized carbons (Fsp3) is 0.375. The number of ether oxygens (including phenoxy) is 1. The van der Waals surface area contributed by atoms with Gasteiger partial charge < -0.3 is 10.1 Å². The molecule has 1 atom stereocenters. The number of aromatic nitrogens is 2. The van der Waals surface area contributed by atoms with Crippen LogP contribution in [0.5, 0.6) is 5.75 Å². The SMILES string of the molecule is CNc1cc(C(C)C)nc(C2CSc3ccccc3O2)n1. The van der Waals surface area contributed by atoms with E-state index in [4.69, 9.17) is 4.74 Å². The van der Waals surface area contributed by atoms with Crippen molar-refractivity contribution in [1.82, 2.24) is 9.97 Å². The number of para-hydroxylation sites is 1. The standard InChI is InChI=1S/C16H19N3OS/c1-10(2)11-8-15(17-3)19-16(18-11)13-9-21-14-7-5-4-6-12(14)20-13/h4-8,10,13H,9H2,1-3H3,(H,17,18,19). The Balaban J connectivity index is 1.92. The van der Waals surface area contributed by atoms with Gasteiger partial charge in [-0.3, -0.25) is 0 Å². The Morgan fingerprint density at radius 2 is 2.10 bits per heavy atom. The largest absolute Gasteiger partial charge is 0.480 e. The number of nitrogens with zero attached hydrogens (tertiary/aromatic N) is 2. The monoisotopic (exact) mass is 301 g/mol. The van der Waals surface area contributed by atoms with Gasteiger partial charge in [-0.25, -0.2) is 9.97 Å². The summed E-state index contributed by atoms with van der Waals surface area (Å²) in [6, 6.07) is 10.1. The number of anilines is 1. The highest BCUT2D eigenvalue weighted by Gasteiger charge is 2.25. The van der Waals surface area contributed by atoms with Crippen molar-refractivity contribution in [1.29, 1.82) is 0 Å². The molecular weight excluding hydrogens is 282 g/mol. The van der Waals surface area contributed by atoms with Crippen LogP contribution in [0.3, 0.4) is 0 Å². The predicted octanol–water partition coefficient (Wildman–Crippen LogP) is 3.87. The Morgan fingerprint density at radius 3 is 2.86 bits per heavy atom. The molecule has 1 N–H and O–H groups in total. The molecule has 0 radical (unpaired) electrons. The van der Waals surface area contributed by atoms with Gasteiger partial charge in [0.25, 0.3) is 0 Å². The maximum absolute atomic E-state index is 6.08. The van der Waals surface area contributed by atoms with Crippen LogP contribution in [0.4, 0.5) is 5.82 Å². The zero-order chi connectivity index (χ0) is 14.8. The van der Waals surface area contributed by atoms with Crippen LogP contribution in [0.15, 0.2) is 35.2 Å². The molecule has 0 spiro atoms. The van der Waals surface area contributed by atoms with Crippen LogP contribution >= 0.6 is 11.8 Å². The lowest BCUT2D eigenvalue weighted by molar-refractivity contribution is 0.210. The lowest BCUT2D eigenvalue weighted by Crippen LogP contribution is -2.19. The summed E-state index contributed by atoms with van der Waals surface area (Å²) in [5, 5.41) is 3.11. The number of hydrogen-bond acceptors (Lipinski definition) is 5. The smallest absolute Gasteiger partial charge is 0.172 e. The van der Waals surface area contributed by atoms with Gasteiger partial charge in [-0.05, 0) is 18.1 Å². The third-order valence-corrected chi connectivity index (χ3v) is 4.53. The average Bonchev–Trinajstić information content (AvgIpc) is 2.53. The average molecular weight is 301 g/mol. The Bertz CT molecular complexity index is 645. The number of rotatable bonds is 3. The minimum Gasteiger partial charge on any atom is -0.480 e. The van der Waals surface area contributed by atoms with E-state index in [9.17, 15) is 0 Å². The van der Waals surface area contributed by atoms with Crippen molar-refractivity contribution >= 4 is 17.6 Å². The van der Waals surface area contributed by atoms with Gasteiger partial charge in [0.1, 0.15) is 11.6 Å². The Hall–Kier alpha value is -1.75. The molecule has 1 aromatic heterocycles. The lowest BCUT2D eigenvalue weighted by Gasteiger charge is -2.25. The summed E-state index contributed by atoms with van der Waals surface area (Å²) in [7, 11) is 1.88. The van der Waals surface area contributed by atoms with Gasteiger partial charge in [0.2, 0.25) is 0 Å². The van der Waals surface area contributed by atoms with Gasteiger partial charge in [0, 0.05) is 29.5 Å². The molecule has 21 heavy (non-hydrogen) atoms. The Kier molecular flexibility index (Phi) is 4.01. The van der Waals surface area contributed by atoms with Gasteiger partial charge >= 0.3 is 0 Å². The highest BCUT2D eigenvalue weighted by Crippen LogP contribution is 2.39. The molecule has 4 nitrogen and oxygen atoms in total. The van der Waals surface area contributed by atoms with E-state index in [1.54, 1.807) is 11.8 Å². The van der Waals surface area contributed by atoms with Crippen LogP contribution in [0, 0.1) is 0 Å². The summed E-state index contributed by atoms with van der Waals surface area (Å²) < 4.78 is 6.08. The maximum Gasteiger partial charge on any atom is 0.172 e. The second-order valence-electron chi connectivity index (χ2n) is 5.31. The van der Waals surface area contributed by atoms with E-state index in [2.05, 4.69) is 35.2 Å². The van der Waals surface area contributed by atoms with Gasteiger partial charge in [0.05, 0.1) is 0 Å². The first-order valence-corrected chi connectivity index (χ1v) is 8.11. The van der Waals surface area contributed by atoms with Crippen molar-refractivity contribution in [3.8, 4) is 5.75 Å². The van der Waals surface area contributed by atoms with Crippen LogP contribution in [-0.2, 0) is 0 Å². The Morgan fingerprint density at radius 1 is 1.29 bits per heavy atom. The first-order chi connectivity index (χ1) is 10.2. The normalized spacial score (nSPS) is 17.2. The van der Waals surface area contributed by atoms with E-state index in [-0.39, 0.29) is 6.10 Å². The molecule has 0 fully saturated rings. The summed E-state index contributed by atoms with van der Waals surface area (Å²) >= 11 is 1.79. The molecule has 1 aliphatic rings. The number of fused-ring (bicyclic) bond motifs is 1. The molecule has 1 unspecified atom stereocenters. The summed E-state index contributed by atoms with van der Waals surface area (Å²) in [5.41, 5.74) is 1.04. The fourth-order valence-corrected chi connectivity index (χ4v) is 3.18. The van der Waals surface area contributed by atoms with Crippen LogP contribution in [-0.4, -0.2) is 22.8 Å². The molecule has 0 saturated carbocycles. The fourth-order valence-electron chi connectivity index (χ4n) is 2.20. The van der Waals surface area contributed by atoms with Crippen LogP contribution in [0.25, 0.3) is 0 Å². The molecule has 0 amide bonds. The highest BCUT2D eigenvalue weighted by molar-refractivity contribution is 7.99. The molecule has 2 aromatic rings. The van der Waals surface area contributed by atoms with Gasteiger partial charge in [-0.2, -0.15) is 0 Å². The molecule has 5 heteroatoms. The van der Waals surface area contributed by atoms with Crippen molar-refractivity contribution in [3.05, 3.63) is 41.9 Å². The zero-order valence-electron chi connectivity index (χ0n) is 12.5. The minimum absolute atomic E-state index is 0.101. The molecule has 0 bridgehead atoms. The molecular formula is C16H19N3OS. The molecule has 0 saturated heterocycles. The van der Waals surface area contributed by atoms with Gasteiger partial charge in [-0.15, -0.1) is 11.8 Å². The number of benzene rings is 1. The maximum atomic E-state index is 6.08. The first kappa shape index (κ1) is 14.2. The second-order valence-corrected chi connectivity index (χ2v) is 6.37. The lowest BCUT2D eigenvalue weighted by atomic mass is 10.1. The first-order valence-electron chi connectivity index (χ1n) is 7.12. The van der Waals surface area contributed by atoms with Gasteiger partial charge in [-0.1, -0.05) is 26.0 Å². The van der Waals surface area contributed by atoms with Crippen molar-refractivity contribution in [2.24, 2.45) is 0 Å². The second kappa shape index (κ2) is 5.93. The topological polar surface area (TPSA) is 47.0 Å². The third-order valence-electron chi connectivity index (χ3n) is 3.41. The molecule has 1 aromatic carbocycles. The van der Waals surface area contributed by atoms with Crippen molar-refractivity contribution in [3.63, 3.8) is 0 Å². The van der Waals surface area contributed by atoms with E-state index in [1.165, 1.54) is 4.90 Å². The third kappa shape index (κ3) is 2.97. The van der Waals surface area contributed by atoms with E-state index < -0.39 is 0 Å². The van der Waals surface area contributed by atoms with Crippen molar-refractivity contribution in [2.75, 3.05) is 18.1 Å². The van der Waals surface area contributed by atoms with Gasteiger partial charge in [0.15, 0.2) is 11.9 Å². The van der Waals surface area contributed by atoms with E-state index in [1.807, 2.05) is 31.3 Å². The van der Waals surface area contributed by atoms with Crippen LogP contribution in [0.1, 0.15) is 37.4 Å². The van der Waals surface area contributed by atoms with Crippen molar-refractivity contribution < 1.29 is 4.74 Å². The highest BCUT2D eigenvalue weighted by atomic mass is 32.2. The molecule has 0 aliphatic carbocycles. The minimum atomic E-state index is -0.101. The predicted molar refractivity (Wildman–Crippen MR) is 86.2 cm³/mol. The van der Waals surface area contributed by atoms with Crippen LogP contribution < -0.4 is 10.1 Å². The summed E-state index contributed by atoms with van der Waals surface area (Å²) in [4.78, 5) is 10.4. The summed E-state index contributed by atoms with van der Waals surface area (Å²) in [5.74, 6) is 3.72. The van der Waals surface area contributed by atoms with Crippen molar-refractivity contribution in [2.45, 2.75) is 30.8 Å². The molecule has 1 aliphatic heterocycles. The molecule has 110 valence electrons. The number of thioether (sulfide) groups is 1. The van der Waals surface area contributed by atoms with E-state index in [0.29, 0.717) is 5.92 Å².